The van der Waals surface area contributed by atoms with E-state index < -0.39 is 11.7 Å². The van der Waals surface area contributed by atoms with Gasteiger partial charge >= 0.3 is 6.18 Å². The van der Waals surface area contributed by atoms with Gasteiger partial charge in [0.15, 0.2) is 0 Å². The molecule has 2 aliphatic heterocycles. The Labute approximate surface area is 122 Å². The quantitative estimate of drug-likeness (QED) is 0.929. The molecule has 21 heavy (non-hydrogen) atoms. The zero-order chi connectivity index (χ0) is 14.9. The van der Waals surface area contributed by atoms with Gasteiger partial charge in [-0.2, -0.15) is 13.2 Å². The van der Waals surface area contributed by atoms with E-state index >= 15 is 0 Å². The van der Waals surface area contributed by atoms with Crippen molar-refractivity contribution in [3.8, 4) is 0 Å². The third-order valence-corrected chi connectivity index (χ3v) is 4.15. The van der Waals surface area contributed by atoms with Crippen LogP contribution in [0.2, 0.25) is 0 Å². The van der Waals surface area contributed by atoms with Crippen LogP contribution in [0.1, 0.15) is 18.4 Å². The predicted octanol–water partition coefficient (Wildman–Crippen LogP) is 2.66. The minimum absolute atomic E-state index is 0.388. The molecule has 0 radical (unpaired) electrons. The van der Waals surface area contributed by atoms with Crippen LogP contribution >= 0.6 is 0 Å². The monoisotopic (exact) mass is 300 g/mol. The molecule has 1 aromatic carbocycles. The fourth-order valence-electron chi connectivity index (χ4n) is 2.99. The third kappa shape index (κ3) is 3.49. The first kappa shape index (κ1) is 14.7. The van der Waals surface area contributed by atoms with Crippen molar-refractivity contribution >= 4 is 5.69 Å². The van der Waals surface area contributed by atoms with Gasteiger partial charge < -0.3 is 15.0 Å². The summed E-state index contributed by atoms with van der Waals surface area (Å²) >= 11 is 0. The smallest absolute Gasteiger partial charge is 0.380 e. The molecule has 1 N–H and O–H groups in total. The second-order valence-corrected chi connectivity index (χ2v) is 5.70. The van der Waals surface area contributed by atoms with Crippen molar-refractivity contribution in [2.45, 2.75) is 31.1 Å². The number of hydrogen-bond acceptors (Lipinski definition) is 3. The molecular weight excluding hydrogens is 281 g/mol. The third-order valence-electron chi connectivity index (χ3n) is 4.15. The molecule has 0 amide bonds. The Hall–Kier alpha value is -1.27. The lowest BCUT2D eigenvalue weighted by molar-refractivity contribution is -0.137. The maximum Gasteiger partial charge on any atom is 0.416 e. The molecule has 2 saturated heterocycles. The molecule has 1 aromatic rings. The summed E-state index contributed by atoms with van der Waals surface area (Å²) in [6, 6.07) is 6.23. The minimum Gasteiger partial charge on any atom is -0.380 e. The SMILES string of the molecule is FC(F)(F)c1ccc(N2CC[C@@H](N[C@@H]3CCOC3)C2)cc1. The highest BCUT2D eigenvalue weighted by atomic mass is 19.4. The topological polar surface area (TPSA) is 24.5 Å². The molecule has 3 nitrogen and oxygen atoms in total. The number of anilines is 1. The summed E-state index contributed by atoms with van der Waals surface area (Å²) < 4.78 is 43.0. The molecule has 2 fully saturated rings. The van der Waals surface area contributed by atoms with Crippen LogP contribution in [-0.4, -0.2) is 38.4 Å². The zero-order valence-corrected chi connectivity index (χ0v) is 11.7. The van der Waals surface area contributed by atoms with Gasteiger partial charge in [0.25, 0.3) is 0 Å². The van der Waals surface area contributed by atoms with Crippen molar-refractivity contribution in [2.24, 2.45) is 0 Å². The normalized spacial score (nSPS) is 26.5. The number of nitrogens with one attached hydrogen (secondary N) is 1. The first-order valence-electron chi connectivity index (χ1n) is 7.28. The van der Waals surface area contributed by atoms with Gasteiger partial charge in [0.1, 0.15) is 0 Å². The van der Waals surface area contributed by atoms with E-state index in [0.29, 0.717) is 12.1 Å². The summed E-state index contributed by atoms with van der Waals surface area (Å²) in [5.74, 6) is 0. The average Bonchev–Trinajstić information content (AvgIpc) is 3.10. The largest absolute Gasteiger partial charge is 0.416 e. The molecule has 6 heteroatoms. The molecule has 0 aliphatic carbocycles. The Morgan fingerprint density at radius 3 is 2.48 bits per heavy atom. The first-order chi connectivity index (χ1) is 10.0. The Balaban J connectivity index is 1.58. The lowest BCUT2D eigenvalue weighted by Gasteiger charge is -2.21. The average molecular weight is 300 g/mol. The van der Waals surface area contributed by atoms with E-state index in [9.17, 15) is 13.2 Å². The Morgan fingerprint density at radius 2 is 1.86 bits per heavy atom. The van der Waals surface area contributed by atoms with Crippen LogP contribution in [0.4, 0.5) is 18.9 Å². The Morgan fingerprint density at radius 1 is 1.10 bits per heavy atom. The van der Waals surface area contributed by atoms with Crippen molar-refractivity contribution in [2.75, 3.05) is 31.2 Å². The van der Waals surface area contributed by atoms with Gasteiger partial charge in [-0.1, -0.05) is 0 Å². The fraction of sp³-hybridized carbons (Fsp3) is 0.600. The summed E-state index contributed by atoms with van der Waals surface area (Å²) in [5, 5.41) is 3.57. The predicted molar refractivity (Wildman–Crippen MR) is 74.4 cm³/mol. The van der Waals surface area contributed by atoms with Crippen LogP contribution in [0.5, 0.6) is 0 Å². The number of nitrogens with zero attached hydrogens (tertiary/aromatic N) is 1. The fourth-order valence-corrected chi connectivity index (χ4v) is 2.99. The zero-order valence-electron chi connectivity index (χ0n) is 11.7. The molecule has 0 spiro atoms. The van der Waals surface area contributed by atoms with Crippen molar-refractivity contribution in [1.29, 1.82) is 0 Å². The van der Waals surface area contributed by atoms with Gasteiger partial charge in [0, 0.05) is 37.5 Å². The van der Waals surface area contributed by atoms with E-state index in [4.69, 9.17) is 4.74 Å². The van der Waals surface area contributed by atoms with E-state index in [1.165, 1.54) is 0 Å². The van der Waals surface area contributed by atoms with Crippen LogP contribution < -0.4 is 10.2 Å². The number of hydrogen-bond donors (Lipinski definition) is 1. The van der Waals surface area contributed by atoms with Crippen LogP contribution in [-0.2, 0) is 10.9 Å². The number of benzene rings is 1. The number of halogens is 3. The molecule has 2 atom stereocenters. The van der Waals surface area contributed by atoms with E-state index in [0.717, 1.165) is 57.0 Å². The van der Waals surface area contributed by atoms with Crippen molar-refractivity contribution in [3.63, 3.8) is 0 Å². The summed E-state index contributed by atoms with van der Waals surface area (Å²) in [7, 11) is 0. The van der Waals surface area contributed by atoms with Crippen LogP contribution in [0.25, 0.3) is 0 Å². The molecular formula is C15H19F3N2O. The van der Waals surface area contributed by atoms with Crippen LogP contribution in [0.15, 0.2) is 24.3 Å². The van der Waals surface area contributed by atoms with Gasteiger partial charge in [-0.05, 0) is 37.1 Å². The molecule has 0 aromatic heterocycles. The molecule has 2 heterocycles. The Bertz CT molecular complexity index is 469. The highest BCUT2D eigenvalue weighted by Crippen LogP contribution is 2.31. The van der Waals surface area contributed by atoms with Gasteiger partial charge in [0.2, 0.25) is 0 Å². The van der Waals surface area contributed by atoms with Gasteiger partial charge in [-0.15, -0.1) is 0 Å². The first-order valence-corrected chi connectivity index (χ1v) is 7.28. The van der Waals surface area contributed by atoms with Crippen molar-refractivity contribution in [1.82, 2.24) is 5.32 Å². The number of rotatable bonds is 3. The second kappa shape index (κ2) is 5.85. The van der Waals surface area contributed by atoms with Gasteiger partial charge in [-0.25, -0.2) is 0 Å². The molecule has 3 rings (SSSR count). The highest BCUT2D eigenvalue weighted by Gasteiger charge is 2.31. The van der Waals surface area contributed by atoms with E-state index in [2.05, 4.69) is 10.2 Å². The second-order valence-electron chi connectivity index (χ2n) is 5.70. The van der Waals surface area contributed by atoms with Crippen LogP contribution in [0, 0.1) is 0 Å². The van der Waals surface area contributed by atoms with E-state index in [-0.39, 0.29) is 0 Å². The van der Waals surface area contributed by atoms with Crippen LogP contribution in [0.3, 0.4) is 0 Å². The molecule has 0 saturated carbocycles. The van der Waals surface area contributed by atoms with E-state index in [1.807, 2.05) is 0 Å². The molecule has 0 bridgehead atoms. The number of alkyl halides is 3. The summed E-state index contributed by atoms with van der Waals surface area (Å²) in [6.45, 7) is 3.28. The summed E-state index contributed by atoms with van der Waals surface area (Å²) in [6.07, 6.45) is -2.22. The molecule has 0 unspecified atom stereocenters. The summed E-state index contributed by atoms with van der Waals surface area (Å²) in [4.78, 5) is 2.13. The van der Waals surface area contributed by atoms with Gasteiger partial charge in [-0.3, -0.25) is 0 Å². The highest BCUT2D eigenvalue weighted by molar-refractivity contribution is 5.49. The molecule has 2 aliphatic rings. The lowest BCUT2D eigenvalue weighted by Crippen LogP contribution is -2.40. The molecule has 116 valence electrons. The standard InChI is InChI=1S/C15H19F3N2O/c16-15(17,18)11-1-3-14(4-2-11)20-7-5-12(9-20)19-13-6-8-21-10-13/h1-4,12-13,19H,5-10H2/t12-,13-/m1/s1. The number of ether oxygens (including phenoxy) is 1. The van der Waals surface area contributed by atoms with Crippen molar-refractivity contribution < 1.29 is 17.9 Å². The van der Waals surface area contributed by atoms with Gasteiger partial charge in [0.05, 0.1) is 12.2 Å². The van der Waals surface area contributed by atoms with E-state index in [1.54, 1.807) is 12.1 Å². The maximum atomic E-state index is 12.6. The maximum absolute atomic E-state index is 12.6. The Kier molecular flexibility index (Phi) is 4.08. The minimum atomic E-state index is -4.27. The summed E-state index contributed by atoms with van der Waals surface area (Å²) in [5.41, 5.74) is 0.262. The van der Waals surface area contributed by atoms with Crippen molar-refractivity contribution in [3.05, 3.63) is 29.8 Å². The lowest BCUT2D eigenvalue weighted by atomic mass is 10.2.